The van der Waals surface area contributed by atoms with Gasteiger partial charge in [0.05, 0.1) is 5.60 Å². The summed E-state index contributed by atoms with van der Waals surface area (Å²) in [4.78, 5) is 19.6. The van der Waals surface area contributed by atoms with Gasteiger partial charge in [-0.2, -0.15) is 0 Å². The highest BCUT2D eigenvalue weighted by Crippen LogP contribution is 2.04. The lowest BCUT2D eigenvalue weighted by Gasteiger charge is -2.20. The van der Waals surface area contributed by atoms with Crippen LogP contribution in [0.3, 0.4) is 0 Å². The highest BCUT2D eigenvalue weighted by molar-refractivity contribution is 5.74. The van der Waals surface area contributed by atoms with Crippen molar-refractivity contribution in [1.82, 2.24) is 0 Å². The molecule has 7 nitrogen and oxygen atoms in total. The quantitative estimate of drug-likeness (QED) is 0.394. The fourth-order valence-corrected chi connectivity index (χ4v) is 0.302. The molecule has 90 valence electrons. The average Bonchev–Trinajstić information content (AvgIpc) is 2.02. The number of hydrogen-bond acceptors (Lipinski definition) is 5. The summed E-state index contributed by atoms with van der Waals surface area (Å²) < 4.78 is 0. The van der Waals surface area contributed by atoms with Gasteiger partial charge in [-0.05, 0) is 20.8 Å². The second-order valence-corrected chi connectivity index (χ2v) is 3.60. The number of rotatable bonds is 3. The summed E-state index contributed by atoms with van der Waals surface area (Å²) in [5.41, 5.74) is 8.54. The molecule has 0 aromatic carbocycles. The number of nitrogens with two attached hydrogens (primary N) is 2. The van der Waals surface area contributed by atoms with Gasteiger partial charge in [0.2, 0.25) is 0 Å². The van der Waals surface area contributed by atoms with Crippen molar-refractivity contribution in [3.63, 3.8) is 0 Å². The lowest BCUT2D eigenvalue weighted by Crippen LogP contribution is -2.48. The van der Waals surface area contributed by atoms with Crippen molar-refractivity contribution in [3.8, 4) is 0 Å². The van der Waals surface area contributed by atoms with Gasteiger partial charge in [0.25, 0.3) is 0 Å². The first-order valence-corrected chi connectivity index (χ1v) is 4.19. The molecule has 0 aliphatic rings. The van der Waals surface area contributed by atoms with Gasteiger partial charge in [0, 0.05) is 0 Å². The Hall–Kier alpha value is -1.18. The van der Waals surface area contributed by atoms with Crippen LogP contribution < -0.4 is 11.5 Å². The molecule has 0 fully saturated rings. The molecule has 2 atom stereocenters. The number of carboxylic acids is 2. The number of carboxylic acid groups (broad SMARTS) is 2. The predicted octanol–water partition coefficient (Wildman–Crippen LogP) is -1.41. The molecule has 0 heterocycles. The Balaban J connectivity index is 0. The van der Waals surface area contributed by atoms with Gasteiger partial charge in [0.15, 0.2) is 0 Å². The molecule has 0 aromatic rings. The summed E-state index contributed by atoms with van der Waals surface area (Å²) in [7, 11) is 0. The van der Waals surface area contributed by atoms with Gasteiger partial charge in [0.1, 0.15) is 12.1 Å². The monoisotopic (exact) mass is 222 g/mol. The van der Waals surface area contributed by atoms with Crippen molar-refractivity contribution >= 4 is 11.9 Å². The Morgan fingerprint density at radius 1 is 1.13 bits per heavy atom. The SMILES string of the molecule is CC(C)(O)C(N)C(=O)O.C[C@H](N)C(=O)O. The second-order valence-electron chi connectivity index (χ2n) is 3.60. The summed E-state index contributed by atoms with van der Waals surface area (Å²) in [6.07, 6.45) is 0. The first-order valence-electron chi connectivity index (χ1n) is 4.19. The smallest absolute Gasteiger partial charge is 0.323 e. The molecular weight excluding hydrogens is 204 g/mol. The van der Waals surface area contributed by atoms with E-state index in [1.807, 2.05) is 0 Å². The number of hydrogen-bond donors (Lipinski definition) is 5. The zero-order valence-corrected chi connectivity index (χ0v) is 8.97. The summed E-state index contributed by atoms with van der Waals surface area (Å²) in [6, 6.07) is -1.94. The van der Waals surface area contributed by atoms with Crippen molar-refractivity contribution in [3.05, 3.63) is 0 Å². The molecule has 7 heteroatoms. The average molecular weight is 222 g/mol. The third kappa shape index (κ3) is 9.13. The lowest BCUT2D eigenvalue weighted by molar-refractivity contribution is -0.144. The summed E-state index contributed by atoms with van der Waals surface area (Å²) in [5.74, 6) is -2.16. The first-order chi connectivity index (χ1) is 6.50. The van der Waals surface area contributed by atoms with Crippen molar-refractivity contribution < 1.29 is 24.9 Å². The van der Waals surface area contributed by atoms with Crippen LogP contribution in [0.5, 0.6) is 0 Å². The van der Waals surface area contributed by atoms with Crippen LogP contribution in [0, 0.1) is 0 Å². The fraction of sp³-hybridized carbons (Fsp3) is 0.750. The van der Waals surface area contributed by atoms with Crippen LogP contribution in [0.1, 0.15) is 20.8 Å². The van der Waals surface area contributed by atoms with E-state index in [1.165, 1.54) is 20.8 Å². The molecule has 7 N–H and O–H groups in total. The van der Waals surface area contributed by atoms with Gasteiger partial charge in [-0.15, -0.1) is 0 Å². The molecule has 0 saturated carbocycles. The Kier molecular flexibility index (Phi) is 6.86. The first kappa shape index (κ1) is 16.3. The molecule has 15 heavy (non-hydrogen) atoms. The van der Waals surface area contributed by atoms with Crippen LogP contribution in [-0.4, -0.2) is 44.9 Å². The fourth-order valence-electron chi connectivity index (χ4n) is 0.302. The highest BCUT2D eigenvalue weighted by atomic mass is 16.4. The van der Waals surface area contributed by atoms with E-state index in [4.69, 9.17) is 26.8 Å². The molecule has 0 aromatic heterocycles. The number of aliphatic hydroxyl groups is 1. The molecule has 0 saturated heterocycles. The Labute approximate surface area is 87.7 Å². The highest BCUT2D eigenvalue weighted by Gasteiger charge is 2.28. The van der Waals surface area contributed by atoms with Crippen molar-refractivity contribution in [1.29, 1.82) is 0 Å². The Morgan fingerprint density at radius 2 is 1.40 bits per heavy atom. The minimum absolute atomic E-state index is 0.731. The largest absolute Gasteiger partial charge is 0.480 e. The maximum atomic E-state index is 10.1. The van der Waals surface area contributed by atoms with Gasteiger partial charge in [-0.1, -0.05) is 0 Å². The van der Waals surface area contributed by atoms with Crippen LogP contribution in [0.15, 0.2) is 0 Å². The van der Waals surface area contributed by atoms with Gasteiger partial charge in [-0.25, -0.2) is 0 Å². The molecule has 0 aliphatic heterocycles. The van der Waals surface area contributed by atoms with Crippen LogP contribution >= 0.6 is 0 Å². The van der Waals surface area contributed by atoms with E-state index in [1.54, 1.807) is 0 Å². The minimum atomic E-state index is -1.34. The second kappa shape index (κ2) is 6.33. The lowest BCUT2D eigenvalue weighted by atomic mass is 10.0. The van der Waals surface area contributed by atoms with Crippen molar-refractivity contribution in [2.75, 3.05) is 0 Å². The molecule has 0 radical (unpaired) electrons. The van der Waals surface area contributed by atoms with Gasteiger partial charge >= 0.3 is 11.9 Å². The van der Waals surface area contributed by atoms with E-state index in [-0.39, 0.29) is 0 Å². The van der Waals surface area contributed by atoms with E-state index < -0.39 is 29.6 Å². The summed E-state index contributed by atoms with van der Waals surface area (Å²) in [5, 5.41) is 25.0. The summed E-state index contributed by atoms with van der Waals surface area (Å²) >= 11 is 0. The predicted molar refractivity (Wildman–Crippen MR) is 53.2 cm³/mol. The van der Waals surface area contributed by atoms with Crippen molar-refractivity contribution in [2.45, 2.75) is 38.5 Å². The molecule has 0 amide bonds. The number of aliphatic carboxylic acids is 2. The molecule has 1 unspecified atom stereocenters. The van der Waals surface area contributed by atoms with Crippen LogP contribution in [0.2, 0.25) is 0 Å². The topological polar surface area (TPSA) is 147 Å². The third-order valence-electron chi connectivity index (χ3n) is 1.42. The molecule has 0 spiro atoms. The van der Waals surface area contributed by atoms with Crippen LogP contribution in [0.4, 0.5) is 0 Å². The molecular formula is C8H18N2O5. The zero-order chi connectivity index (χ0) is 12.8. The van der Waals surface area contributed by atoms with E-state index in [9.17, 15) is 9.59 Å². The summed E-state index contributed by atoms with van der Waals surface area (Å²) in [6.45, 7) is 4.12. The van der Waals surface area contributed by atoms with Gasteiger partial charge < -0.3 is 26.8 Å². The van der Waals surface area contributed by atoms with Gasteiger partial charge in [-0.3, -0.25) is 9.59 Å². The normalized spacial score (nSPS) is 14.5. The Morgan fingerprint density at radius 3 is 1.40 bits per heavy atom. The van der Waals surface area contributed by atoms with E-state index in [0.717, 1.165) is 0 Å². The van der Waals surface area contributed by atoms with E-state index >= 15 is 0 Å². The third-order valence-corrected chi connectivity index (χ3v) is 1.42. The standard InChI is InChI=1S/C5H11NO3.C3H7NO2/c1-5(2,9)3(6)4(7)8;1-2(4)3(5)6/h3,9H,6H2,1-2H3,(H,7,8);2H,4H2,1H3,(H,5,6)/t;2-/m.0/s1. The zero-order valence-electron chi connectivity index (χ0n) is 8.97. The van der Waals surface area contributed by atoms with Crippen LogP contribution in [-0.2, 0) is 9.59 Å². The maximum absolute atomic E-state index is 10.1. The Bertz CT molecular complexity index is 222. The minimum Gasteiger partial charge on any atom is -0.480 e. The van der Waals surface area contributed by atoms with Crippen molar-refractivity contribution in [2.24, 2.45) is 11.5 Å². The van der Waals surface area contributed by atoms with E-state index in [0.29, 0.717) is 0 Å². The number of carbonyl (C=O) groups is 2. The maximum Gasteiger partial charge on any atom is 0.323 e. The molecule has 0 rings (SSSR count). The van der Waals surface area contributed by atoms with E-state index in [2.05, 4.69) is 0 Å². The molecule has 0 aliphatic carbocycles. The van der Waals surface area contributed by atoms with Crippen LogP contribution in [0.25, 0.3) is 0 Å². The molecule has 0 bridgehead atoms.